The minimum Gasteiger partial charge on any atom is -0.491 e. The zero-order chi connectivity index (χ0) is 13.8. The third kappa shape index (κ3) is 3.59. The smallest absolute Gasteiger partial charge is 0.324 e. The van der Waals surface area contributed by atoms with Gasteiger partial charge in [0.2, 0.25) is 5.91 Å². The second-order valence-corrected chi connectivity index (χ2v) is 4.52. The monoisotopic (exact) mass is 284 g/mol. The highest BCUT2D eigenvalue weighted by atomic mass is 35.5. The van der Waals surface area contributed by atoms with Crippen molar-refractivity contribution < 1.29 is 19.4 Å². The van der Waals surface area contributed by atoms with Gasteiger partial charge in [-0.3, -0.25) is 9.69 Å². The van der Waals surface area contributed by atoms with Crippen molar-refractivity contribution in [1.29, 1.82) is 0 Å². The zero-order valence-corrected chi connectivity index (χ0v) is 10.8. The van der Waals surface area contributed by atoms with Gasteiger partial charge in [0.05, 0.1) is 13.1 Å². The second kappa shape index (κ2) is 5.90. The molecule has 0 saturated carbocycles. The molecule has 1 aliphatic rings. The molecule has 1 aliphatic heterocycles. The second-order valence-electron chi connectivity index (χ2n) is 4.08. The number of β-amino-alcohol motifs (C(OH)–C–C–N with tert-alkyl or cyclic N) is 1. The first-order valence-electron chi connectivity index (χ1n) is 5.71. The van der Waals surface area contributed by atoms with E-state index in [1.807, 2.05) is 0 Å². The number of rotatable bonds is 5. The fraction of sp³-hybridized carbons (Fsp3) is 0.333. The Kier molecular flexibility index (Phi) is 4.24. The molecule has 0 aliphatic carbocycles. The van der Waals surface area contributed by atoms with Gasteiger partial charge in [-0.05, 0) is 24.3 Å². The van der Waals surface area contributed by atoms with Crippen LogP contribution in [0.25, 0.3) is 0 Å². The van der Waals surface area contributed by atoms with Crippen molar-refractivity contribution in [2.75, 3.05) is 19.7 Å². The number of urea groups is 1. The lowest BCUT2D eigenvalue weighted by atomic mass is 10.3. The van der Waals surface area contributed by atoms with Crippen molar-refractivity contribution in [2.45, 2.75) is 6.10 Å². The highest BCUT2D eigenvalue weighted by Crippen LogP contribution is 2.15. The number of nitrogens with one attached hydrogen (secondary N) is 1. The van der Waals surface area contributed by atoms with Gasteiger partial charge < -0.3 is 15.2 Å². The van der Waals surface area contributed by atoms with Gasteiger partial charge in [-0.15, -0.1) is 0 Å². The van der Waals surface area contributed by atoms with Gasteiger partial charge in [0, 0.05) is 5.02 Å². The molecule has 3 amide bonds. The van der Waals surface area contributed by atoms with Gasteiger partial charge in [-0.1, -0.05) is 11.6 Å². The van der Waals surface area contributed by atoms with Crippen molar-refractivity contribution in [1.82, 2.24) is 10.2 Å². The third-order valence-corrected chi connectivity index (χ3v) is 2.84. The maximum Gasteiger partial charge on any atom is 0.324 e. The van der Waals surface area contributed by atoms with Crippen molar-refractivity contribution in [3.05, 3.63) is 29.3 Å². The van der Waals surface area contributed by atoms with Crippen LogP contribution in [0.5, 0.6) is 5.75 Å². The van der Waals surface area contributed by atoms with Crippen molar-refractivity contribution in [2.24, 2.45) is 0 Å². The molecule has 1 saturated heterocycles. The van der Waals surface area contributed by atoms with Crippen LogP contribution in [-0.2, 0) is 4.79 Å². The van der Waals surface area contributed by atoms with Crippen LogP contribution in [-0.4, -0.2) is 47.7 Å². The van der Waals surface area contributed by atoms with Crippen LogP contribution in [0.15, 0.2) is 24.3 Å². The number of carbonyl (C=O) groups excluding carboxylic acids is 2. The normalized spacial score (nSPS) is 16.4. The topological polar surface area (TPSA) is 78.9 Å². The molecule has 7 heteroatoms. The van der Waals surface area contributed by atoms with E-state index in [2.05, 4.69) is 5.32 Å². The molecule has 1 fully saturated rings. The maximum atomic E-state index is 11.3. The highest BCUT2D eigenvalue weighted by molar-refractivity contribution is 6.30. The van der Waals surface area contributed by atoms with Crippen LogP contribution in [0.4, 0.5) is 4.79 Å². The molecular weight excluding hydrogens is 272 g/mol. The van der Waals surface area contributed by atoms with Gasteiger partial charge in [0.1, 0.15) is 18.5 Å². The largest absolute Gasteiger partial charge is 0.491 e. The molecule has 2 N–H and O–H groups in total. The Morgan fingerprint density at radius 1 is 1.37 bits per heavy atom. The Morgan fingerprint density at radius 2 is 2.05 bits per heavy atom. The van der Waals surface area contributed by atoms with E-state index in [0.29, 0.717) is 10.8 Å². The van der Waals surface area contributed by atoms with Crippen LogP contribution in [0.3, 0.4) is 0 Å². The average Bonchev–Trinajstić information content (AvgIpc) is 2.70. The molecule has 1 atom stereocenters. The summed E-state index contributed by atoms with van der Waals surface area (Å²) in [4.78, 5) is 23.5. The quantitative estimate of drug-likeness (QED) is 0.778. The number of imide groups is 1. The van der Waals surface area contributed by atoms with Gasteiger partial charge in [0.25, 0.3) is 0 Å². The lowest BCUT2D eigenvalue weighted by Gasteiger charge is -2.17. The lowest BCUT2D eigenvalue weighted by Crippen LogP contribution is -2.39. The molecule has 19 heavy (non-hydrogen) atoms. The number of carbonyl (C=O) groups is 2. The molecule has 1 aromatic carbocycles. The predicted octanol–water partition coefficient (Wildman–Crippen LogP) is 0.631. The first kappa shape index (κ1) is 13.6. The SMILES string of the molecule is O=C1CNC(=O)N1CC(O)COc1ccc(Cl)cc1. The minimum absolute atomic E-state index is 0.0152. The molecule has 0 bridgehead atoms. The van der Waals surface area contributed by atoms with Crippen LogP contribution in [0.1, 0.15) is 0 Å². The fourth-order valence-electron chi connectivity index (χ4n) is 1.63. The Morgan fingerprint density at radius 3 is 2.63 bits per heavy atom. The van der Waals surface area contributed by atoms with Gasteiger partial charge in [0.15, 0.2) is 0 Å². The summed E-state index contributed by atoms with van der Waals surface area (Å²) in [6.45, 7) is -0.124. The van der Waals surface area contributed by atoms with Crippen molar-refractivity contribution in [3.63, 3.8) is 0 Å². The van der Waals surface area contributed by atoms with Gasteiger partial charge >= 0.3 is 6.03 Å². The van der Waals surface area contributed by atoms with Gasteiger partial charge in [-0.2, -0.15) is 0 Å². The summed E-state index contributed by atoms with van der Waals surface area (Å²) < 4.78 is 5.33. The van der Waals surface area contributed by atoms with E-state index >= 15 is 0 Å². The minimum atomic E-state index is -0.941. The first-order chi connectivity index (χ1) is 9.06. The van der Waals surface area contributed by atoms with Crippen LogP contribution in [0.2, 0.25) is 5.02 Å². The van der Waals surface area contributed by atoms with E-state index in [-0.39, 0.29) is 25.6 Å². The molecule has 1 heterocycles. The van der Waals surface area contributed by atoms with Crippen LogP contribution >= 0.6 is 11.6 Å². The Bertz CT molecular complexity index is 461. The number of ether oxygens (including phenoxy) is 1. The summed E-state index contributed by atoms with van der Waals surface area (Å²) in [6, 6.07) is 6.18. The molecule has 1 aromatic rings. The predicted molar refractivity (Wildman–Crippen MR) is 68.1 cm³/mol. The zero-order valence-electron chi connectivity index (χ0n) is 10.0. The highest BCUT2D eigenvalue weighted by Gasteiger charge is 2.30. The van der Waals surface area contributed by atoms with E-state index in [0.717, 1.165) is 4.90 Å². The Balaban J connectivity index is 1.81. The molecule has 0 radical (unpaired) electrons. The molecule has 6 nitrogen and oxygen atoms in total. The molecule has 102 valence electrons. The van der Waals surface area contributed by atoms with Crippen molar-refractivity contribution >= 4 is 23.5 Å². The summed E-state index contributed by atoms with van der Waals surface area (Å²) in [7, 11) is 0. The number of halogens is 1. The number of amides is 3. The number of hydrogen-bond acceptors (Lipinski definition) is 4. The number of hydrogen-bond donors (Lipinski definition) is 2. The van der Waals surface area contributed by atoms with Crippen LogP contribution < -0.4 is 10.1 Å². The fourth-order valence-corrected chi connectivity index (χ4v) is 1.75. The molecule has 1 unspecified atom stereocenters. The summed E-state index contributed by atoms with van der Waals surface area (Å²) in [5, 5.41) is 12.7. The van der Waals surface area contributed by atoms with Gasteiger partial charge in [-0.25, -0.2) is 4.79 Å². The molecular formula is C12H13ClN2O4. The summed E-state index contributed by atoms with van der Waals surface area (Å²) in [6.07, 6.45) is -0.941. The average molecular weight is 285 g/mol. The number of aliphatic hydroxyl groups excluding tert-OH is 1. The number of benzene rings is 1. The molecule has 0 spiro atoms. The Hall–Kier alpha value is -1.79. The summed E-state index contributed by atoms with van der Waals surface area (Å²) in [5.41, 5.74) is 0. The number of aliphatic hydroxyl groups is 1. The Labute approximate surface area is 114 Å². The first-order valence-corrected chi connectivity index (χ1v) is 6.08. The van der Waals surface area contributed by atoms with Crippen molar-refractivity contribution in [3.8, 4) is 5.75 Å². The van der Waals surface area contributed by atoms with E-state index in [1.54, 1.807) is 24.3 Å². The van der Waals surface area contributed by atoms with Crippen LogP contribution in [0, 0.1) is 0 Å². The standard InChI is InChI=1S/C12H13ClN2O4/c13-8-1-3-10(4-2-8)19-7-9(16)6-15-11(17)5-14-12(15)18/h1-4,9,16H,5-7H2,(H,14,18). The summed E-state index contributed by atoms with van der Waals surface area (Å²) in [5.74, 6) is 0.205. The third-order valence-electron chi connectivity index (χ3n) is 2.59. The maximum absolute atomic E-state index is 11.3. The molecule has 2 rings (SSSR count). The van der Waals surface area contributed by atoms with E-state index in [4.69, 9.17) is 16.3 Å². The number of nitrogens with zero attached hydrogens (tertiary/aromatic N) is 1. The summed E-state index contributed by atoms with van der Waals surface area (Å²) >= 11 is 5.73. The van der Waals surface area contributed by atoms with E-state index in [1.165, 1.54) is 0 Å². The van der Waals surface area contributed by atoms with E-state index < -0.39 is 12.1 Å². The van der Waals surface area contributed by atoms with E-state index in [9.17, 15) is 14.7 Å². The molecule has 0 aromatic heterocycles. The lowest BCUT2D eigenvalue weighted by molar-refractivity contribution is -0.126.